The Morgan fingerprint density at radius 3 is 2.33 bits per heavy atom. The zero-order chi connectivity index (χ0) is 16.9. The summed E-state index contributed by atoms with van der Waals surface area (Å²) in [6, 6.07) is 7.80. The van der Waals surface area contributed by atoms with Crippen LogP contribution in [0.15, 0.2) is 42.7 Å². The van der Waals surface area contributed by atoms with Crippen LogP contribution in [0.1, 0.15) is 10.4 Å². The average molecular weight is 327 g/mol. The summed E-state index contributed by atoms with van der Waals surface area (Å²) in [7, 11) is 0. The number of carbonyl (C=O) groups excluding carboxylic acids is 1. The number of para-hydroxylation sites is 1. The number of nitrogens with one attached hydrogen (secondary N) is 1. The smallest absolute Gasteiger partial charge is 0.337 e. The number of aromatic nitrogens is 2. The molecule has 2 aromatic rings. The van der Waals surface area contributed by atoms with Crippen molar-refractivity contribution < 1.29 is 14.7 Å². The molecule has 2 amide bonds. The highest BCUT2D eigenvalue weighted by Gasteiger charge is 2.23. The lowest BCUT2D eigenvalue weighted by Gasteiger charge is -2.34. The van der Waals surface area contributed by atoms with Gasteiger partial charge < -0.3 is 20.2 Å². The number of urea groups is 1. The molecule has 0 aliphatic carbocycles. The van der Waals surface area contributed by atoms with Gasteiger partial charge in [0.15, 0.2) is 0 Å². The third-order valence-corrected chi connectivity index (χ3v) is 3.80. The second-order valence-corrected chi connectivity index (χ2v) is 5.30. The van der Waals surface area contributed by atoms with E-state index in [4.69, 9.17) is 5.11 Å². The van der Waals surface area contributed by atoms with Crippen molar-refractivity contribution in [3.8, 4) is 0 Å². The zero-order valence-corrected chi connectivity index (χ0v) is 12.9. The number of carboxylic acid groups (broad SMARTS) is 1. The summed E-state index contributed by atoms with van der Waals surface area (Å²) >= 11 is 0. The molecule has 0 bridgehead atoms. The van der Waals surface area contributed by atoms with Gasteiger partial charge in [0.2, 0.25) is 5.95 Å². The molecule has 2 heterocycles. The fourth-order valence-corrected chi connectivity index (χ4v) is 2.54. The van der Waals surface area contributed by atoms with Crippen LogP contribution in [0.2, 0.25) is 0 Å². The van der Waals surface area contributed by atoms with Gasteiger partial charge in [-0.25, -0.2) is 19.6 Å². The second kappa shape index (κ2) is 6.95. The molecule has 2 N–H and O–H groups in total. The topological polar surface area (TPSA) is 98.7 Å². The second-order valence-electron chi connectivity index (χ2n) is 5.30. The fraction of sp³-hybridized carbons (Fsp3) is 0.250. The number of rotatable bonds is 3. The van der Waals surface area contributed by atoms with Gasteiger partial charge in [-0.3, -0.25) is 0 Å². The van der Waals surface area contributed by atoms with Crippen molar-refractivity contribution in [3.05, 3.63) is 48.3 Å². The van der Waals surface area contributed by atoms with Crippen molar-refractivity contribution in [2.45, 2.75) is 0 Å². The van der Waals surface area contributed by atoms with Crippen molar-refractivity contribution in [1.29, 1.82) is 0 Å². The van der Waals surface area contributed by atoms with Gasteiger partial charge in [-0.05, 0) is 18.2 Å². The van der Waals surface area contributed by atoms with Gasteiger partial charge in [-0.15, -0.1) is 0 Å². The number of carboxylic acids is 1. The van der Waals surface area contributed by atoms with E-state index < -0.39 is 5.97 Å². The van der Waals surface area contributed by atoms with E-state index in [0.29, 0.717) is 37.8 Å². The molecule has 24 heavy (non-hydrogen) atoms. The highest BCUT2D eigenvalue weighted by molar-refractivity contribution is 6.00. The molecule has 1 fully saturated rings. The van der Waals surface area contributed by atoms with Gasteiger partial charge in [0.05, 0.1) is 11.3 Å². The van der Waals surface area contributed by atoms with E-state index in [9.17, 15) is 9.59 Å². The standard InChI is InChI=1S/C16H17N5O3/c22-14(23)12-4-1-2-5-13(12)19-16(24)21-10-8-20(9-11-21)15-17-6-3-7-18-15/h1-7H,8-11H2,(H,19,24)(H,22,23). The minimum atomic E-state index is -1.07. The Hall–Kier alpha value is -3.16. The number of hydrogen-bond donors (Lipinski definition) is 2. The third-order valence-electron chi connectivity index (χ3n) is 3.80. The van der Waals surface area contributed by atoms with Gasteiger partial charge in [-0.1, -0.05) is 12.1 Å². The minimum Gasteiger partial charge on any atom is -0.478 e. The van der Waals surface area contributed by atoms with Gasteiger partial charge in [0, 0.05) is 38.6 Å². The van der Waals surface area contributed by atoms with Crippen LogP contribution in [-0.2, 0) is 0 Å². The lowest BCUT2D eigenvalue weighted by molar-refractivity contribution is 0.0698. The normalized spacial score (nSPS) is 14.3. The lowest BCUT2D eigenvalue weighted by Crippen LogP contribution is -2.50. The number of amides is 2. The summed E-state index contributed by atoms with van der Waals surface area (Å²) in [5.74, 6) is -0.425. The highest BCUT2D eigenvalue weighted by Crippen LogP contribution is 2.16. The van der Waals surface area contributed by atoms with E-state index in [-0.39, 0.29) is 11.6 Å². The van der Waals surface area contributed by atoms with Crippen molar-refractivity contribution in [3.63, 3.8) is 0 Å². The van der Waals surface area contributed by atoms with E-state index in [2.05, 4.69) is 15.3 Å². The Morgan fingerprint density at radius 1 is 1.00 bits per heavy atom. The third kappa shape index (κ3) is 3.43. The molecule has 124 valence electrons. The van der Waals surface area contributed by atoms with Crippen LogP contribution >= 0.6 is 0 Å². The molecular weight excluding hydrogens is 310 g/mol. The maximum atomic E-state index is 12.4. The van der Waals surface area contributed by atoms with E-state index in [1.54, 1.807) is 41.6 Å². The Bertz CT molecular complexity index is 730. The lowest BCUT2D eigenvalue weighted by atomic mass is 10.2. The van der Waals surface area contributed by atoms with Crippen molar-refractivity contribution in [2.75, 3.05) is 36.4 Å². The first-order valence-electron chi connectivity index (χ1n) is 7.55. The van der Waals surface area contributed by atoms with Crippen molar-refractivity contribution >= 4 is 23.6 Å². The molecule has 1 aromatic carbocycles. The summed E-state index contributed by atoms with van der Waals surface area (Å²) in [6.07, 6.45) is 3.37. The number of piperazine rings is 1. The Balaban J connectivity index is 1.61. The van der Waals surface area contributed by atoms with Crippen LogP contribution in [0.5, 0.6) is 0 Å². The van der Waals surface area contributed by atoms with E-state index in [1.807, 2.05) is 4.90 Å². The summed E-state index contributed by atoms with van der Waals surface area (Å²) in [6.45, 7) is 2.27. The molecule has 0 saturated carbocycles. The van der Waals surface area contributed by atoms with E-state index in [1.165, 1.54) is 6.07 Å². The van der Waals surface area contributed by atoms with Gasteiger partial charge in [-0.2, -0.15) is 0 Å². The molecule has 0 spiro atoms. The first-order valence-corrected chi connectivity index (χ1v) is 7.55. The van der Waals surface area contributed by atoms with Crippen molar-refractivity contribution in [1.82, 2.24) is 14.9 Å². The molecule has 0 radical (unpaired) electrons. The first-order chi connectivity index (χ1) is 11.6. The highest BCUT2D eigenvalue weighted by atomic mass is 16.4. The Kier molecular flexibility index (Phi) is 4.55. The molecule has 8 nitrogen and oxygen atoms in total. The summed E-state index contributed by atoms with van der Waals surface area (Å²) < 4.78 is 0. The molecular formula is C16H17N5O3. The number of benzene rings is 1. The molecule has 3 rings (SSSR count). The van der Waals surface area contributed by atoms with Gasteiger partial charge in [0.1, 0.15) is 0 Å². The van der Waals surface area contributed by atoms with Gasteiger partial charge >= 0.3 is 12.0 Å². The number of hydrogen-bond acceptors (Lipinski definition) is 5. The van der Waals surface area contributed by atoms with E-state index >= 15 is 0 Å². The molecule has 1 aliphatic heterocycles. The first kappa shape index (κ1) is 15.7. The largest absolute Gasteiger partial charge is 0.478 e. The van der Waals surface area contributed by atoms with Gasteiger partial charge in [0.25, 0.3) is 0 Å². The molecule has 1 saturated heterocycles. The zero-order valence-electron chi connectivity index (χ0n) is 12.9. The monoisotopic (exact) mass is 327 g/mol. The van der Waals surface area contributed by atoms with Crippen LogP contribution in [0.3, 0.4) is 0 Å². The van der Waals surface area contributed by atoms with Crippen LogP contribution < -0.4 is 10.2 Å². The minimum absolute atomic E-state index is 0.0715. The van der Waals surface area contributed by atoms with Crippen LogP contribution in [-0.4, -0.2) is 58.2 Å². The molecule has 1 aliphatic rings. The van der Waals surface area contributed by atoms with Crippen LogP contribution in [0.25, 0.3) is 0 Å². The number of nitrogens with zero attached hydrogens (tertiary/aromatic N) is 4. The number of aromatic carboxylic acids is 1. The SMILES string of the molecule is O=C(O)c1ccccc1NC(=O)N1CCN(c2ncccn2)CC1. The average Bonchev–Trinajstić information content (AvgIpc) is 2.63. The summed E-state index contributed by atoms with van der Waals surface area (Å²) in [5.41, 5.74) is 0.367. The summed E-state index contributed by atoms with van der Waals surface area (Å²) in [5, 5.41) is 11.8. The predicted octanol–water partition coefficient (Wildman–Crippen LogP) is 1.53. The molecule has 1 aromatic heterocycles. The Labute approximate surface area is 138 Å². The Morgan fingerprint density at radius 2 is 1.67 bits per heavy atom. The van der Waals surface area contributed by atoms with Crippen LogP contribution in [0, 0.1) is 0 Å². The summed E-state index contributed by atoms with van der Waals surface area (Å²) in [4.78, 5) is 35.6. The number of anilines is 2. The molecule has 0 unspecified atom stereocenters. The van der Waals surface area contributed by atoms with Crippen molar-refractivity contribution in [2.24, 2.45) is 0 Å². The maximum Gasteiger partial charge on any atom is 0.337 e. The van der Waals surface area contributed by atoms with E-state index in [0.717, 1.165) is 0 Å². The molecule has 0 atom stereocenters. The van der Waals surface area contributed by atoms with Crippen LogP contribution in [0.4, 0.5) is 16.4 Å². The predicted molar refractivity (Wildman–Crippen MR) is 88.2 cm³/mol. The molecule has 8 heteroatoms. The number of carbonyl (C=O) groups is 2. The quantitative estimate of drug-likeness (QED) is 0.887. The maximum absolute atomic E-state index is 12.4. The fourth-order valence-electron chi connectivity index (χ4n) is 2.54.